The first-order valence-electron chi connectivity index (χ1n) is 5.90. The van der Waals surface area contributed by atoms with Crippen LogP contribution in [0.2, 0.25) is 0 Å². The number of carbonyl (C=O) groups is 2. The van der Waals surface area contributed by atoms with Crippen LogP contribution in [-0.4, -0.2) is 38.1 Å². The lowest BCUT2D eigenvalue weighted by Gasteiger charge is -2.09. The first-order valence-corrected chi connectivity index (χ1v) is 7.34. The van der Waals surface area contributed by atoms with Crippen molar-refractivity contribution in [2.75, 3.05) is 13.2 Å². The molecule has 4 bridgehead atoms. The molecule has 106 valence electrons. The summed E-state index contributed by atoms with van der Waals surface area (Å²) in [7, 11) is -4.54. The van der Waals surface area contributed by atoms with E-state index in [2.05, 4.69) is 0 Å². The summed E-state index contributed by atoms with van der Waals surface area (Å²) in [5, 5.41) is 0. The van der Waals surface area contributed by atoms with Gasteiger partial charge in [-0.05, 0) is 30.0 Å². The molecule has 0 saturated heterocycles. The van der Waals surface area contributed by atoms with Gasteiger partial charge in [-0.1, -0.05) is 0 Å². The van der Waals surface area contributed by atoms with Crippen LogP contribution < -0.4 is 0 Å². The highest BCUT2D eigenvalue weighted by Gasteiger charge is 2.35. The Morgan fingerprint density at radius 2 is 1.60 bits per heavy atom. The lowest BCUT2D eigenvalue weighted by molar-refractivity contribution is 0.0276. The van der Waals surface area contributed by atoms with Gasteiger partial charge in [0.05, 0.1) is 16.0 Å². The molecule has 20 heavy (non-hydrogen) atoms. The largest absolute Gasteiger partial charge is 0.458 e. The van der Waals surface area contributed by atoms with Crippen LogP contribution in [0.25, 0.3) is 0 Å². The van der Waals surface area contributed by atoms with E-state index in [9.17, 15) is 22.6 Å². The minimum absolute atomic E-state index is 0.00674. The Labute approximate surface area is 114 Å². The fraction of sp³-hybridized carbons (Fsp3) is 0.333. The third kappa shape index (κ3) is 1.88. The van der Waals surface area contributed by atoms with Crippen LogP contribution >= 0.6 is 0 Å². The van der Waals surface area contributed by atoms with Crippen LogP contribution in [0.4, 0.5) is 0 Å². The number of rotatable bonds is 1. The van der Waals surface area contributed by atoms with E-state index in [0.717, 1.165) is 6.07 Å². The van der Waals surface area contributed by atoms with Crippen molar-refractivity contribution >= 4 is 22.1 Å². The van der Waals surface area contributed by atoms with Gasteiger partial charge in [-0.15, -0.1) is 0 Å². The Bertz CT molecular complexity index is 733. The smallest absolute Gasteiger partial charge is 0.338 e. The van der Waals surface area contributed by atoms with Crippen LogP contribution in [-0.2, 0) is 32.4 Å². The van der Waals surface area contributed by atoms with Crippen LogP contribution in [0.15, 0.2) is 11.0 Å². The Morgan fingerprint density at radius 1 is 1.00 bits per heavy atom. The standard InChI is InChI=1S/C12H10O7S/c13-11-8-5-9(20(15,16)17)7-2-1-6(8)10(7)12(14)19-4-3-18-11/h5H,1-4H2,(H,15,16,17). The molecule has 0 atom stereocenters. The zero-order valence-electron chi connectivity index (χ0n) is 10.2. The maximum absolute atomic E-state index is 12.0. The van der Waals surface area contributed by atoms with Crippen molar-refractivity contribution in [2.24, 2.45) is 0 Å². The first kappa shape index (κ1) is 13.1. The lowest BCUT2D eigenvalue weighted by Crippen LogP contribution is -2.13. The van der Waals surface area contributed by atoms with E-state index < -0.39 is 27.0 Å². The molecule has 0 amide bonds. The first-order chi connectivity index (χ1) is 9.39. The minimum atomic E-state index is -4.54. The Hall–Kier alpha value is -1.93. The molecule has 1 N–H and O–H groups in total. The van der Waals surface area contributed by atoms with Gasteiger partial charge in [0.2, 0.25) is 0 Å². The quantitative estimate of drug-likeness (QED) is 0.589. The summed E-state index contributed by atoms with van der Waals surface area (Å²) in [4.78, 5) is 23.5. The molecule has 0 fully saturated rings. The van der Waals surface area contributed by atoms with Crippen LogP contribution in [0.3, 0.4) is 0 Å². The van der Waals surface area contributed by atoms with Crippen molar-refractivity contribution in [1.29, 1.82) is 0 Å². The average molecular weight is 298 g/mol. The van der Waals surface area contributed by atoms with Gasteiger partial charge < -0.3 is 9.47 Å². The molecule has 8 heteroatoms. The second kappa shape index (κ2) is 4.29. The zero-order valence-corrected chi connectivity index (χ0v) is 11.0. The average Bonchev–Trinajstić information content (AvgIpc) is 2.69. The molecule has 0 radical (unpaired) electrons. The Balaban J connectivity index is 2.36. The lowest BCUT2D eigenvalue weighted by atomic mass is 10.0. The molecule has 1 aliphatic heterocycles. The molecule has 1 aromatic rings. The van der Waals surface area contributed by atoms with Crippen LogP contribution in [0, 0.1) is 0 Å². The van der Waals surface area contributed by atoms with E-state index in [-0.39, 0.29) is 36.3 Å². The van der Waals surface area contributed by atoms with Crippen molar-refractivity contribution in [3.05, 3.63) is 28.3 Å². The molecule has 1 heterocycles. The van der Waals surface area contributed by atoms with E-state index in [0.29, 0.717) is 12.0 Å². The van der Waals surface area contributed by atoms with Gasteiger partial charge >= 0.3 is 11.9 Å². The van der Waals surface area contributed by atoms with Crippen molar-refractivity contribution < 1.29 is 32.0 Å². The molecule has 0 unspecified atom stereocenters. The van der Waals surface area contributed by atoms with E-state index in [1.165, 1.54) is 0 Å². The zero-order chi connectivity index (χ0) is 14.5. The molecule has 2 aliphatic rings. The monoisotopic (exact) mass is 298 g/mol. The summed E-state index contributed by atoms with van der Waals surface area (Å²) < 4.78 is 41.9. The molecule has 3 rings (SSSR count). The fourth-order valence-corrected chi connectivity index (χ4v) is 3.36. The van der Waals surface area contributed by atoms with Crippen molar-refractivity contribution in [2.45, 2.75) is 17.7 Å². The summed E-state index contributed by atoms with van der Waals surface area (Å²) >= 11 is 0. The SMILES string of the molecule is O=C1OCCOC(=O)c2c3c1cc(S(=O)(=O)O)c2CC3. The minimum Gasteiger partial charge on any atom is -0.458 e. The molecule has 1 aliphatic carbocycles. The van der Waals surface area contributed by atoms with E-state index >= 15 is 0 Å². The third-order valence-corrected chi connectivity index (χ3v) is 4.30. The van der Waals surface area contributed by atoms with Crippen LogP contribution in [0.1, 0.15) is 31.8 Å². The van der Waals surface area contributed by atoms with Gasteiger partial charge in [-0.3, -0.25) is 4.55 Å². The summed E-state index contributed by atoms with van der Waals surface area (Å²) in [5.41, 5.74) is 0.678. The van der Waals surface area contributed by atoms with Gasteiger partial charge in [0, 0.05) is 0 Å². The maximum atomic E-state index is 12.0. The molecule has 0 spiro atoms. The third-order valence-electron chi connectivity index (χ3n) is 3.38. The van der Waals surface area contributed by atoms with Crippen LogP contribution in [0.5, 0.6) is 0 Å². The number of hydrogen-bond donors (Lipinski definition) is 1. The normalized spacial score (nSPS) is 17.9. The van der Waals surface area contributed by atoms with Crippen molar-refractivity contribution in [3.8, 4) is 0 Å². The molecule has 7 nitrogen and oxygen atoms in total. The number of benzene rings is 1. The molecule has 1 aromatic carbocycles. The maximum Gasteiger partial charge on any atom is 0.338 e. The van der Waals surface area contributed by atoms with Gasteiger partial charge in [0.15, 0.2) is 0 Å². The summed E-state index contributed by atoms with van der Waals surface area (Å²) in [6.45, 7) is -0.192. The second-order valence-corrected chi connectivity index (χ2v) is 5.89. The molecule has 0 saturated carbocycles. The van der Waals surface area contributed by atoms with E-state index in [4.69, 9.17) is 9.47 Å². The summed E-state index contributed by atoms with van der Waals surface area (Å²) in [6, 6.07) is 1.07. The molecule has 0 aromatic heterocycles. The van der Waals surface area contributed by atoms with Gasteiger partial charge in [0.1, 0.15) is 13.2 Å². The van der Waals surface area contributed by atoms with Gasteiger partial charge in [0.25, 0.3) is 10.1 Å². The Morgan fingerprint density at radius 3 is 2.25 bits per heavy atom. The number of cyclic esters (lactones) is 2. The highest BCUT2D eigenvalue weighted by Crippen LogP contribution is 2.35. The fourth-order valence-electron chi connectivity index (χ4n) is 2.58. The van der Waals surface area contributed by atoms with E-state index in [1.807, 2.05) is 0 Å². The molecular weight excluding hydrogens is 288 g/mol. The molecular formula is C12H10O7S. The number of ether oxygens (including phenoxy) is 2. The van der Waals surface area contributed by atoms with Crippen molar-refractivity contribution in [1.82, 2.24) is 0 Å². The predicted octanol–water partition coefficient (Wildman–Crippen LogP) is 0.359. The summed E-state index contributed by atoms with van der Waals surface area (Å²) in [5.74, 6) is -1.42. The Kier molecular flexibility index (Phi) is 2.80. The topological polar surface area (TPSA) is 107 Å². The second-order valence-electron chi connectivity index (χ2n) is 4.50. The van der Waals surface area contributed by atoms with E-state index in [1.54, 1.807) is 0 Å². The van der Waals surface area contributed by atoms with Gasteiger partial charge in [-0.2, -0.15) is 8.42 Å². The van der Waals surface area contributed by atoms with Gasteiger partial charge in [-0.25, -0.2) is 9.59 Å². The predicted molar refractivity (Wildman–Crippen MR) is 64.2 cm³/mol. The van der Waals surface area contributed by atoms with Crippen molar-refractivity contribution in [3.63, 3.8) is 0 Å². The number of carbonyl (C=O) groups excluding carboxylic acids is 2. The summed E-state index contributed by atoms with van der Waals surface area (Å²) in [6.07, 6.45) is 0.585. The number of esters is 2. The highest BCUT2D eigenvalue weighted by molar-refractivity contribution is 7.85. The highest BCUT2D eigenvalue weighted by atomic mass is 32.2. The number of hydrogen-bond acceptors (Lipinski definition) is 6.